The van der Waals surface area contributed by atoms with Gasteiger partial charge in [0.15, 0.2) is 6.61 Å². The third-order valence-corrected chi connectivity index (χ3v) is 2.51. The zero-order chi connectivity index (χ0) is 16.5. The highest BCUT2D eigenvalue weighted by molar-refractivity contribution is 5.95. The van der Waals surface area contributed by atoms with Gasteiger partial charge in [-0.2, -0.15) is 0 Å². The van der Waals surface area contributed by atoms with E-state index in [1.165, 1.54) is 31.4 Å². The van der Waals surface area contributed by atoms with Crippen molar-refractivity contribution in [2.24, 2.45) is 0 Å². The summed E-state index contributed by atoms with van der Waals surface area (Å²) in [6.45, 7) is 1.31. The van der Waals surface area contributed by atoms with Gasteiger partial charge < -0.3 is 14.8 Å². The van der Waals surface area contributed by atoms with Crippen molar-refractivity contribution in [2.75, 3.05) is 19.0 Å². The summed E-state index contributed by atoms with van der Waals surface area (Å²) in [5.74, 6) is -1.03. The lowest BCUT2D eigenvalue weighted by Crippen LogP contribution is -2.20. The van der Waals surface area contributed by atoms with E-state index < -0.39 is 23.4 Å². The molecule has 0 fully saturated rings. The topological polar surface area (TPSA) is 108 Å². The van der Waals surface area contributed by atoms with Crippen molar-refractivity contribution in [3.05, 3.63) is 40.5 Å². The molecule has 0 radical (unpaired) electrons. The van der Waals surface area contributed by atoms with Crippen molar-refractivity contribution in [1.82, 2.24) is 0 Å². The number of ether oxygens (including phenoxy) is 2. The third kappa shape index (κ3) is 5.23. The first-order valence-corrected chi connectivity index (χ1v) is 6.43. The minimum Gasteiger partial charge on any atom is -0.496 e. The Balaban J connectivity index is 2.70. The zero-order valence-electron chi connectivity index (χ0n) is 12.2. The molecule has 0 aliphatic heterocycles. The Hall–Kier alpha value is -2.90. The molecule has 0 unspecified atom stereocenters. The highest BCUT2D eigenvalue weighted by Crippen LogP contribution is 2.28. The van der Waals surface area contributed by atoms with Crippen LogP contribution in [-0.4, -0.2) is 30.5 Å². The highest BCUT2D eigenvalue weighted by atomic mass is 16.6. The summed E-state index contributed by atoms with van der Waals surface area (Å²) in [4.78, 5) is 33.2. The van der Waals surface area contributed by atoms with Gasteiger partial charge in [0.2, 0.25) is 0 Å². The molecule has 22 heavy (non-hydrogen) atoms. The number of amides is 1. The predicted molar refractivity (Wildman–Crippen MR) is 78.7 cm³/mol. The smallest absolute Gasteiger partial charge is 0.330 e. The molecule has 1 N–H and O–H groups in total. The van der Waals surface area contributed by atoms with E-state index in [2.05, 4.69) is 5.32 Å². The minimum absolute atomic E-state index is 0.00375. The molecule has 0 aromatic heterocycles. The number of nitro groups is 1. The quantitative estimate of drug-likeness (QED) is 0.357. The van der Waals surface area contributed by atoms with E-state index in [0.717, 1.165) is 0 Å². The highest BCUT2D eigenvalue weighted by Gasteiger charge is 2.17. The van der Waals surface area contributed by atoms with Crippen LogP contribution in [0.4, 0.5) is 11.4 Å². The second kappa shape index (κ2) is 8.40. The van der Waals surface area contributed by atoms with Crippen LogP contribution >= 0.6 is 0 Å². The number of benzene rings is 1. The average Bonchev–Trinajstić information content (AvgIpc) is 2.51. The fourth-order valence-corrected chi connectivity index (χ4v) is 1.48. The molecule has 0 saturated carbocycles. The molecule has 1 amide bonds. The van der Waals surface area contributed by atoms with Gasteiger partial charge >= 0.3 is 5.97 Å². The van der Waals surface area contributed by atoms with Crippen molar-refractivity contribution < 1.29 is 24.0 Å². The van der Waals surface area contributed by atoms with Crippen molar-refractivity contribution in [1.29, 1.82) is 0 Å². The van der Waals surface area contributed by atoms with Gasteiger partial charge in [0, 0.05) is 6.08 Å². The Morgan fingerprint density at radius 2 is 2.14 bits per heavy atom. The number of carbonyl (C=O) groups excluding carboxylic acids is 2. The molecule has 0 aliphatic carbocycles. The number of nitrogens with zero attached hydrogens (tertiary/aromatic N) is 1. The molecule has 0 bridgehead atoms. The van der Waals surface area contributed by atoms with E-state index in [-0.39, 0.29) is 11.4 Å². The lowest BCUT2D eigenvalue weighted by atomic mass is 10.2. The molecule has 0 aliphatic rings. The second-order valence-corrected chi connectivity index (χ2v) is 4.11. The number of nitro benzene ring substituents is 1. The van der Waals surface area contributed by atoms with Crippen LogP contribution in [0.15, 0.2) is 30.4 Å². The number of rotatable bonds is 7. The molecule has 0 saturated heterocycles. The van der Waals surface area contributed by atoms with E-state index in [9.17, 15) is 19.7 Å². The van der Waals surface area contributed by atoms with Gasteiger partial charge in [0.25, 0.3) is 11.6 Å². The van der Waals surface area contributed by atoms with Crippen LogP contribution in [0.3, 0.4) is 0 Å². The summed E-state index contributed by atoms with van der Waals surface area (Å²) < 4.78 is 9.58. The monoisotopic (exact) mass is 308 g/mol. The van der Waals surface area contributed by atoms with Crippen LogP contribution < -0.4 is 10.1 Å². The van der Waals surface area contributed by atoms with Gasteiger partial charge in [-0.1, -0.05) is 13.0 Å². The SMILES string of the molecule is CC/C=C/C(=O)OCC(=O)Nc1ccc(OC)cc1[N+](=O)[O-]. The Bertz CT molecular complexity index is 597. The number of carbonyl (C=O) groups is 2. The summed E-state index contributed by atoms with van der Waals surface area (Å²) in [5, 5.41) is 13.3. The van der Waals surface area contributed by atoms with Crippen molar-refractivity contribution in [3.8, 4) is 5.75 Å². The second-order valence-electron chi connectivity index (χ2n) is 4.11. The van der Waals surface area contributed by atoms with E-state index in [1.807, 2.05) is 6.92 Å². The standard InChI is InChI=1S/C14H16N2O6/c1-3-4-5-14(18)22-9-13(17)15-11-7-6-10(21-2)8-12(11)16(19)20/h4-8H,3,9H2,1-2H3,(H,15,17)/b5-4+. The normalized spacial score (nSPS) is 10.3. The van der Waals surface area contributed by atoms with Crippen LogP contribution in [0.25, 0.3) is 0 Å². The van der Waals surface area contributed by atoms with Crippen molar-refractivity contribution in [2.45, 2.75) is 13.3 Å². The van der Waals surface area contributed by atoms with E-state index in [4.69, 9.17) is 9.47 Å². The first-order chi connectivity index (χ1) is 10.5. The average molecular weight is 308 g/mol. The van der Waals surface area contributed by atoms with Crippen LogP contribution in [-0.2, 0) is 14.3 Å². The minimum atomic E-state index is -0.675. The van der Waals surface area contributed by atoms with Crippen LogP contribution in [0.2, 0.25) is 0 Å². The third-order valence-electron chi connectivity index (χ3n) is 2.51. The number of allylic oxidation sites excluding steroid dienone is 1. The van der Waals surface area contributed by atoms with Gasteiger partial charge in [-0.15, -0.1) is 0 Å². The fraction of sp³-hybridized carbons (Fsp3) is 0.286. The molecular formula is C14H16N2O6. The van der Waals surface area contributed by atoms with Gasteiger partial charge in [0.05, 0.1) is 18.1 Å². The van der Waals surface area contributed by atoms with Crippen LogP contribution in [0, 0.1) is 10.1 Å². The lowest BCUT2D eigenvalue weighted by Gasteiger charge is -2.07. The molecule has 1 aromatic carbocycles. The van der Waals surface area contributed by atoms with Gasteiger partial charge in [-0.25, -0.2) is 4.79 Å². The maximum absolute atomic E-state index is 11.7. The van der Waals surface area contributed by atoms with E-state index in [0.29, 0.717) is 12.2 Å². The molecule has 8 nitrogen and oxygen atoms in total. The molecule has 0 spiro atoms. The lowest BCUT2D eigenvalue weighted by molar-refractivity contribution is -0.384. The molecule has 8 heteroatoms. The molecule has 0 heterocycles. The number of hydrogen-bond acceptors (Lipinski definition) is 6. The van der Waals surface area contributed by atoms with Crippen LogP contribution in [0.1, 0.15) is 13.3 Å². The Morgan fingerprint density at radius 3 is 2.73 bits per heavy atom. The molecule has 1 rings (SSSR count). The first kappa shape index (κ1) is 17.2. The van der Waals surface area contributed by atoms with Crippen LogP contribution in [0.5, 0.6) is 5.75 Å². The predicted octanol–water partition coefficient (Wildman–Crippen LogP) is 2.05. The van der Waals surface area contributed by atoms with E-state index in [1.54, 1.807) is 6.08 Å². The summed E-state index contributed by atoms with van der Waals surface area (Å²) in [7, 11) is 1.38. The van der Waals surface area contributed by atoms with Gasteiger partial charge in [-0.05, 0) is 18.6 Å². The molecule has 118 valence electrons. The van der Waals surface area contributed by atoms with Crippen molar-refractivity contribution >= 4 is 23.3 Å². The summed E-state index contributed by atoms with van der Waals surface area (Å²) in [6.07, 6.45) is 3.47. The van der Waals surface area contributed by atoms with E-state index >= 15 is 0 Å². The maximum Gasteiger partial charge on any atom is 0.330 e. The van der Waals surface area contributed by atoms with Crippen molar-refractivity contribution in [3.63, 3.8) is 0 Å². The molecule has 1 aromatic rings. The first-order valence-electron chi connectivity index (χ1n) is 6.43. The zero-order valence-corrected chi connectivity index (χ0v) is 12.2. The Morgan fingerprint density at radius 1 is 1.41 bits per heavy atom. The number of anilines is 1. The summed E-state index contributed by atoms with van der Waals surface area (Å²) in [6, 6.07) is 4.00. The number of hydrogen-bond donors (Lipinski definition) is 1. The van der Waals surface area contributed by atoms with Gasteiger partial charge in [0.1, 0.15) is 11.4 Å². The molecule has 0 atom stereocenters. The Kier molecular flexibility index (Phi) is 6.55. The maximum atomic E-state index is 11.7. The summed E-state index contributed by atoms with van der Waals surface area (Å²) in [5.41, 5.74) is -0.319. The van der Waals surface area contributed by atoms with Gasteiger partial charge in [-0.3, -0.25) is 14.9 Å². The summed E-state index contributed by atoms with van der Waals surface area (Å²) >= 11 is 0. The molecular weight excluding hydrogens is 292 g/mol. The number of methoxy groups -OCH3 is 1. The number of esters is 1. The number of nitrogens with one attached hydrogen (secondary N) is 1. The largest absolute Gasteiger partial charge is 0.496 e. The Labute approximate surface area is 126 Å². The fourth-order valence-electron chi connectivity index (χ4n) is 1.48.